The first kappa shape index (κ1) is 50.0. The van der Waals surface area contributed by atoms with Gasteiger partial charge in [0.15, 0.2) is 0 Å². The Labute approximate surface area is 190 Å². The molecule has 0 aliphatic rings. The molecule has 0 unspecified atom stereocenters. The van der Waals surface area contributed by atoms with Gasteiger partial charge in [-0.3, -0.25) is 0 Å². The number of hydrogen-bond donors (Lipinski definition) is 0. The molecule has 0 aliphatic heterocycles. The fourth-order valence-electron chi connectivity index (χ4n) is 0. The Morgan fingerprint density at radius 1 is 0.588 bits per heavy atom. The van der Waals surface area contributed by atoms with E-state index in [-0.39, 0.29) is 106 Å². The van der Waals surface area contributed by atoms with E-state index in [1.165, 1.54) is 12.8 Å². The Hall–Kier alpha value is 3.31. The van der Waals surface area contributed by atoms with Crippen molar-refractivity contribution >= 4 is 0 Å². The zero-order valence-electron chi connectivity index (χ0n) is 14.6. The molecular weight excluding hydrogens is 435 g/mol. The van der Waals surface area contributed by atoms with E-state index in [2.05, 4.69) is 55.4 Å². The van der Waals surface area contributed by atoms with Gasteiger partial charge in [-0.15, -0.1) is 0 Å². The third kappa shape index (κ3) is 528. The maximum Gasteiger partial charge on any atom is 0 e. The second kappa shape index (κ2) is 50.6. The summed E-state index contributed by atoms with van der Waals surface area (Å²) in [4.78, 5) is 0. The maximum absolute atomic E-state index is 2.19. The summed E-state index contributed by atoms with van der Waals surface area (Å²) in [6, 6.07) is 0. The summed E-state index contributed by atoms with van der Waals surface area (Å²) < 4.78 is 0. The van der Waals surface area contributed by atoms with Crippen LogP contribution in [0.3, 0.4) is 0 Å². The molecule has 0 fully saturated rings. The molecule has 103 valence electrons. The summed E-state index contributed by atoms with van der Waals surface area (Å²) in [6.07, 6.45) is 2.50. The zero-order chi connectivity index (χ0) is 11.9. The second-order valence-corrected chi connectivity index (χ2v) is 4.41. The Morgan fingerprint density at radius 2 is 0.588 bits per heavy atom. The second-order valence-electron chi connectivity index (χ2n) is 4.41. The van der Waals surface area contributed by atoms with Crippen LogP contribution in [0.15, 0.2) is 0 Å². The van der Waals surface area contributed by atoms with Gasteiger partial charge in [0.05, 0.1) is 0 Å². The van der Waals surface area contributed by atoms with Gasteiger partial charge in [-0.25, -0.2) is 0 Å². The van der Waals surface area contributed by atoms with E-state index < -0.39 is 0 Å². The fourth-order valence-corrected chi connectivity index (χ4v) is 0. The minimum Gasteiger partial charge on any atom is -0.358 e. The molecule has 0 aromatic rings. The van der Waals surface area contributed by atoms with Crippen molar-refractivity contribution in [3.63, 3.8) is 0 Å². The van der Waals surface area contributed by atoms with Gasteiger partial charge in [0.25, 0.3) is 0 Å². The summed E-state index contributed by atoms with van der Waals surface area (Å²) in [6.45, 7) is 21.2. The smallest absolute Gasteiger partial charge is 0 e. The van der Waals surface area contributed by atoms with Crippen molar-refractivity contribution in [1.82, 2.24) is 0 Å². The molecule has 0 aromatic heterocycles. The van der Waals surface area contributed by atoms with Crippen molar-refractivity contribution in [2.75, 3.05) is 0 Å². The summed E-state index contributed by atoms with van der Waals surface area (Å²) in [5, 5.41) is 0. The van der Waals surface area contributed by atoms with E-state index in [4.69, 9.17) is 0 Å². The van der Waals surface area contributed by atoms with Gasteiger partial charge in [-0.05, 0) is 5.41 Å². The van der Waals surface area contributed by atoms with E-state index in [9.17, 15) is 0 Å². The minimum absolute atomic E-state index is 0. The van der Waals surface area contributed by atoms with Crippen molar-refractivity contribution in [3.8, 4) is 0 Å². The Bertz CT molecular complexity index is 41.9. The first-order chi connectivity index (χ1) is 5.83. The summed E-state index contributed by atoms with van der Waals surface area (Å²) in [5.74, 6) is 0. The van der Waals surface area contributed by atoms with E-state index in [1.54, 1.807) is 0 Å². The molecule has 0 aromatic carbocycles. The van der Waals surface area contributed by atoms with E-state index >= 15 is 0 Å². The third-order valence-electron chi connectivity index (χ3n) is 0. The van der Waals surface area contributed by atoms with Crippen molar-refractivity contribution in [3.05, 3.63) is 7.43 Å². The van der Waals surface area contributed by atoms with Gasteiger partial charge in [-0.2, -0.15) is 0 Å². The Balaban J connectivity index is -0.0000000103. The van der Waals surface area contributed by atoms with Crippen LogP contribution in [0.2, 0.25) is 0 Å². The van der Waals surface area contributed by atoms with Crippen molar-refractivity contribution in [2.24, 2.45) is 5.41 Å². The quantitative estimate of drug-likeness (QED) is 0.361. The van der Waals surface area contributed by atoms with Crippen LogP contribution < -0.4 is 0 Å². The van der Waals surface area contributed by atoms with Crippen LogP contribution in [0.4, 0.5) is 0 Å². The van der Waals surface area contributed by atoms with Crippen LogP contribution in [0.1, 0.15) is 82.1 Å². The molecular formula is C14H37Y3-. The monoisotopic (exact) mass is 472 g/mol. The molecule has 0 aliphatic carbocycles. The van der Waals surface area contributed by atoms with Gasteiger partial charge in [0, 0.05) is 98.1 Å². The molecule has 3 radical (unpaired) electrons. The topological polar surface area (TPSA) is 0 Å². The zero-order valence-corrected chi connectivity index (χ0v) is 23.2. The van der Waals surface area contributed by atoms with Gasteiger partial charge in [0.2, 0.25) is 0 Å². The van der Waals surface area contributed by atoms with E-state index in [0.717, 1.165) is 0 Å². The minimum atomic E-state index is 0. The molecule has 0 amide bonds. The van der Waals surface area contributed by atoms with Crippen LogP contribution in [0, 0.1) is 12.8 Å². The molecule has 0 saturated heterocycles. The Kier molecular flexibility index (Phi) is 149. The predicted octanol–water partition coefficient (Wildman–Crippen LogP) is 6.35. The van der Waals surface area contributed by atoms with Gasteiger partial charge in [-0.1, -0.05) is 82.1 Å². The SMILES string of the molecule is CC.CC(C)(C)C.CCC.CCC.[CH3-].[Y].[Y].[Y]. The molecule has 0 saturated carbocycles. The molecule has 0 N–H and O–H groups in total. The standard InChI is InChI=1S/C5H12.2C3H8.C2H6.CH3.3Y/c1-5(2,3)4;2*1-3-2;1-2;;;;/h1-4H3;2*3H2,1-2H3;1-2H3;1H3;;;/q;;;;-1;;;. The van der Waals surface area contributed by atoms with Crippen LogP contribution in [-0.2, 0) is 98.1 Å². The normalized spacial score (nSPS) is 6.00. The molecule has 0 heterocycles. The first-order valence-corrected chi connectivity index (χ1v) is 5.83. The van der Waals surface area contributed by atoms with E-state index in [0.29, 0.717) is 5.41 Å². The summed E-state index contributed by atoms with van der Waals surface area (Å²) >= 11 is 0. The fraction of sp³-hybridized carbons (Fsp3) is 0.929. The van der Waals surface area contributed by atoms with Crippen LogP contribution in [-0.4, -0.2) is 0 Å². The largest absolute Gasteiger partial charge is 0.358 e. The third-order valence-corrected chi connectivity index (χ3v) is 0. The molecule has 0 atom stereocenters. The summed E-state index contributed by atoms with van der Waals surface area (Å²) in [7, 11) is 0. The van der Waals surface area contributed by atoms with E-state index in [1.807, 2.05) is 13.8 Å². The molecule has 0 bridgehead atoms. The van der Waals surface area contributed by atoms with Crippen molar-refractivity contribution in [2.45, 2.75) is 82.1 Å². The van der Waals surface area contributed by atoms with Gasteiger partial charge >= 0.3 is 0 Å². The predicted molar refractivity (Wildman–Crippen MR) is 74.8 cm³/mol. The number of rotatable bonds is 0. The van der Waals surface area contributed by atoms with Gasteiger partial charge in [0.1, 0.15) is 0 Å². The van der Waals surface area contributed by atoms with Crippen LogP contribution >= 0.6 is 0 Å². The number of hydrogen-bond acceptors (Lipinski definition) is 0. The summed E-state index contributed by atoms with van der Waals surface area (Å²) in [5.41, 5.74) is 0.500. The maximum atomic E-state index is 2.19. The molecule has 0 spiro atoms. The molecule has 0 nitrogen and oxygen atoms in total. The molecule has 0 rings (SSSR count). The molecule has 3 heteroatoms. The average Bonchev–Trinajstić information content (AvgIpc) is 1.90. The van der Waals surface area contributed by atoms with Crippen molar-refractivity contribution < 1.29 is 98.1 Å². The van der Waals surface area contributed by atoms with Crippen molar-refractivity contribution in [1.29, 1.82) is 0 Å². The Morgan fingerprint density at radius 3 is 0.588 bits per heavy atom. The first-order valence-electron chi connectivity index (χ1n) is 5.83. The van der Waals surface area contributed by atoms with Gasteiger partial charge < -0.3 is 7.43 Å². The van der Waals surface area contributed by atoms with Crippen LogP contribution in [0.5, 0.6) is 0 Å². The average molecular weight is 472 g/mol. The molecule has 17 heavy (non-hydrogen) atoms. The van der Waals surface area contributed by atoms with Crippen LogP contribution in [0.25, 0.3) is 0 Å².